The number of alkyl carbamates (subject to hydrolysis) is 1. The molecule has 0 spiro atoms. The number of rotatable bonds is 11. The lowest BCUT2D eigenvalue weighted by molar-refractivity contribution is -0.140. The van der Waals surface area contributed by atoms with Crippen LogP contribution in [-0.2, 0) is 20.5 Å². The summed E-state index contributed by atoms with van der Waals surface area (Å²) in [6.07, 6.45) is -3.79. The summed E-state index contributed by atoms with van der Waals surface area (Å²) in [4.78, 5) is 72.3. The Kier molecular flexibility index (Phi) is 12.6. The second kappa shape index (κ2) is 18.1. The molecule has 15 nitrogen and oxygen atoms in total. The number of hydrogen-bond acceptors (Lipinski definition) is 8. The lowest BCUT2D eigenvalue weighted by Gasteiger charge is -2.34. The van der Waals surface area contributed by atoms with Crippen LogP contribution in [0.2, 0.25) is 0 Å². The number of carbonyl (C=O) groups is 4. The number of nitrogens with one attached hydrogen (secondary N) is 4. The number of likely N-dealkylation sites (tertiary alicyclic amines) is 2. The number of benzene rings is 3. The summed E-state index contributed by atoms with van der Waals surface area (Å²) in [5, 5.41) is 14.4. The maximum Gasteiger partial charge on any atom is 0.419 e. The highest BCUT2D eigenvalue weighted by Crippen LogP contribution is 2.49. The van der Waals surface area contributed by atoms with Crippen LogP contribution in [0.15, 0.2) is 48.5 Å². The molecular formula is C46H52F5N9O6. The minimum Gasteiger partial charge on any atom is -0.465 e. The summed E-state index contributed by atoms with van der Waals surface area (Å²) in [5.74, 6) is -3.01. The molecule has 8 rings (SSSR count). The molecule has 20 heteroatoms. The van der Waals surface area contributed by atoms with E-state index in [4.69, 9.17) is 14.7 Å². The largest absolute Gasteiger partial charge is 0.465 e. The summed E-state index contributed by atoms with van der Waals surface area (Å²) < 4.78 is 77.8. The number of hydrogen-bond donors (Lipinski definition) is 5. The predicted molar refractivity (Wildman–Crippen MR) is 232 cm³/mol. The van der Waals surface area contributed by atoms with E-state index in [-0.39, 0.29) is 35.4 Å². The van der Waals surface area contributed by atoms with E-state index < -0.39 is 71.8 Å². The van der Waals surface area contributed by atoms with Gasteiger partial charge in [0.2, 0.25) is 11.8 Å². The van der Waals surface area contributed by atoms with E-state index in [1.54, 1.807) is 52.8 Å². The Morgan fingerprint density at radius 3 is 1.64 bits per heavy atom. The van der Waals surface area contributed by atoms with Crippen LogP contribution in [0.5, 0.6) is 0 Å². The lowest BCUT2D eigenvalue weighted by Crippen LogP contribution is -2.51. The first-order chi connectivity index (χ1) is 31.3. The molecule has 2 aromatic heterocycles. The first kappa shape index (κ1) is 46.1. The normalized spacial score (nSPS) is 21.1. The Hall–Kier alpha value is -6.47. The van der Waals surface area contributed by atoms with Crippen LogP contribution in [0.4, 0.5) is 37.2 Å². The van der Waals surface area contributed by atoms with Gasteiger partial charge in [0.1, 0.15) is 35.4 Å². The minimum absolute atomic E-state index is 0.190. The molecule has 5 heterocycles. The van der Waals surface area contributed by atoms with Crippen molar-refractivity contribution in [3.05, 3.63) is 88.5 Å². The van der Waals surface area contributed by atoms with Crippen molar-refractivity contribution in [1.82, 2.24) is 40.4 Å². The zero-order valence-corrected chi connectivity index (χ0v) is 37.0. The Labute approximate surface area is 376 Å². The quantitative estimate of drug-likeness (QED) is 0.0807. The standard InChI is InChI=1S/C46H52F5N9O6/c1-22(2)38(56-44(63)64)42(61)58-16-6-8-35(58)40-52-29-12-10-24(18-31(29)54-40)33-14-15-34(60(33)37-21-27(47)26(20-28(37)48)46(49,50)51)25-11-13-30-32(19-25)55-41(53-30)36-9-7-17-59(36)43(62)39(23(3)4)57-45(65)66-5/h10-13,18-23,33-36,38-39,56H,6-9,14-17H2,1-5H3,(H,52,54)(H,53,55)(H,57,65)(H,63,64)/t33-,34+,35-,36-,38-,39-/m0/s1. The van der Waals surface area contributed by atoms with E-state index in [1.807, 2.05) is 26.0 Å². The molecule has 4 amide bonds. The Morgan fingerprint density at radius 2 is 1.20 bits per heavy atom. The SMILES string of the molecule is COC(=O)N[C@H](C(=O)N1CCC[C@H]1c1nc2ccc([C@H]3CC[C@@H](c4ccc5nc([C@@H]6CCCN6C(=O)[C@@H](NC(=O)O)C(C)C)[nH]c5c4)N3c3cc(F)c(C(F)(F)F)cc3F)cc2[nH]1)C(C)C. The fraction of sp³-hybridized carbons (Fsp3) is 0.478. The van der Waals surface area contributed by atoms with Crippen molar-refractivity contribution in [2.75, 3.05) is 25.1 Å². The van der Waals surface area contributed by atoms with E-state index in [9.17, 15) is 37.5 Å². The van der Waals surface area contributed by atoms with E-state index in [2.05, 4.69) is 20.6 Å². The summed E-state index contributed by atoms with van der Waals surface area (Å²) in [6.45, 7) is 8.01. The third-order valence-corrected chi connectivity index (χ3v) is 13.1. The molecule has 0 aliphatic carbocycles. The maximum atomic E-state index is 16.2. The van der Waals surface area contributed by atoms with Crippen LogP contribution in [0.1, 0.15) is 119 Å². The number of alkyl halides is 3. The van der Waals surface area contributed by atoms with Gasteiger partial charge in [-0.2, -0.15) is 13.2 Å². The number of ether oxygens (including phenoxy) is 1. The zero-order valence-electron chi connectivity index (χ0n) is 37.0. The van der Waals surface area contributed by atoms with E-state index >= 15 is 8.78 Å². The van der Waals surface area contributed by atoms with Crippen LogP contribution in [0, 0.1) is 23.5 Å². The van der Waals surface area contributed by atoms with Crippen molar-refractivity contribution in [3.63, 3.8) is 0 Å². The lowest BCUT2D eigenvalue weighted by atomic mass is 10.0. The number of halogens is 5. The zero-order chi connectivity index (χ0) is 47.4. The van der Waals surface area contributed by atoms with Gasteiger partial charge in [0.25, 0.3) is 0 Å². The fourth-order valence-corrected chi connectivity index (χ4v) is 9.91. The molecule has 5 aromatic rings. The van der Waals surface area contributed by atoms with Gasteiger partial charge in [-0.05, 0) is 91.8 Å². The molecule has 5 N–H and O–H groups in total. The van der Waals surface area contributed by atoms with Crippen molar-refractivity contribution >= 4 is 51.8 Å². The van der Waals surface area contributed by atoms with Crippen LogP contribution in [0.3, 0.4) is 0 Å². The Morgan fingerprint density at radius 1 is 0.712 bits per heavy atom. The van der Waals surface area contributed by atoms with Gasteiger partial charge in [0.15, 0.2) is 0 Å². The average Bonchev–Trinajstić information content (AvgIpc) is 4.12. The highest BCUT2D eigenvalue weighted by molar-refractivity contribution is 5.87. The number of methoxy groups -OCH3 is 1. The average molecular weight is 922 g/mol. The van der Waals surface area contributed by atoms with Crippen molar-refractivity contribution in [3.8, 4) is 0 Å². The Bertz CT molecular complexity index is 2670. The number of imidazole rings is 2. The fourth-order valence-electron chi connectivity index (χ4n) is 9.91. The third-order valence-electron chi connectivity index (χ3n) is 13.1. The second-order valence-corrected chi connectivity index (χ2v) is 18.0. The number of fused-ring (bicyclic) bond motifs is 2. The number of carbonyl (C=O) groups excluding carboxylic acids is 3. The molecule has 0 unspecified atom stereocenters. The van der Waals surface area contributed by atoms with E-state index in [0.717, 1.165) is 0 Å². The summed E-state index contributed by atoms with van der Waals surface area (Å²) in [6, 6.07) is 7.59. The molecule has 352 valence electrons. The number of anilines is 1. The van der Waals surface area contributed by atoms with E-state index in [1.165, 1.54) is 7.11 Å². The molecule has 3 aromatic carbocycles. The minimum atomic E-state index is -5.13. The molecule has 66 heavy (non-hydrogen) atoms. The maximum absolute atomic E-state index is 16.2. The molecule has 0 bridgehead atoms. The topological polar surface area (TPSA) is 189 Å². The Balaban J connectivity index is 1.12. The van der Waals surface area contributed by atoms with Gasteiger partial charge in [-0.3, -0.25) is 9.59 Å². The number of carboxylic acid groups (broad SMARTS) is 1. The number of H-pyrrole nitrogens is 2. The molecular weight excluding hydrogens is 870 g/mol. The third kappa shape index (κ3) is 8.80. The van der Waals surface area contributed by atoms with Crippen LogP contribution in [-0.4, -0.2) is 91.1 Å². The molecule has 3 fully saturated rings. The molecule has 3 aliphatic heterocycles. The first-order valence-corrected chi connectivity index (χ1v) is 22.1. The van der Waals surface area contributed by atoms with Crippen molar-refractivity contribution < 1.29 is 51.0 Å². The van der Waals surface area contributed by atoms with Crippen LogP contribution < -0.4 is 15.5 Å². The molecule has 0 saturated carbocycles. The summed E-state index contributed by atoms with van der Waals surface area (Å²) >= 11 is 0. The number of aromatic nitrogens is 4. The van der Waals surface area contributed by atoms with Gasteiger partial charge in [-0.25, -0.2) is 28.3 Å². The van der Waals surface area contributed by atoms with Gasteiger partial charge in [0.05, 0.1) is 64.6 Å². The highest BCUT2D eigenvalue weighted by Gasteiger charge is 2.42. The molecule has 6 atom stereocenters. The first-order valence-electron chi connectivity index (χ1n) is 22.1. The second-order valence-electron chi connectivity index (χ2n) is 18.0. The van der Waals surface area contributed by atoms with Crippen molar-refractivity contribution in [2.24, 2.45) is 11.8 Å². The van der Waals surface area contributed by atoms with Gasteiger partial charge in [0, 0.05) is 19.2 Å². The summed E-state index contributed by atoms with van der Waals surface area (Å²) in [5.41, 5.74) is 1.58. The summed E-state index contributed by atoms with van der Waals surface area (Å²) in [7, 11) is 1.23. The van der Waals surface area contributed by atoms with Crippen molar-refractivity contribution in [2.45, 2.75) is 109 Å². The monoisotopic (exact) mass is 921 g/mol. The van der Waals surface area contributed by atoms with Gasteiger partial charge >= 0.3 is 18.4 Å². The number of aromatic amines is 2. The van der Waals surface area contributed by atoms with Crippen molar-refractivity contribution in [1.29, 1.82) is 0 Å². The number of nitrogens with zero attached hydrogens (tertiary/aromatic N) is 5. The molecule has 0 radical (unpaired) electrons. The van der Waals surface area contributed by atoms with Crippen LogP contribution >= 0.6 is 0 Å². The van der Waals surface area contributed by atoms with Gasteiger partial charge < -0.3 is 45.1 Å². The predicted octanol–water partition coefficient (Wildman–Crippen LogP) is 8.82. The number of amides is 4. The highest BCUT2D eigenvalue weighted by atomic mass is 19.4. The van der Waals surface area contributed by atoms with Gasteiger partial charge in [-0.1, -0.05) is 39.8 Å². The van der Waals surface area contributed by atoms with Crippen LogP contribution in [0.25, 0.3) is 22.1 Å². The molecule has 3 aliphatic rings. The molecule has 3 saturated heterocycles. The van der Waals surface area contributed by atoms with Gasteiger partial charge in [-0.15, -0.1) is 0 Å². The smallest absolute Gasteiger partial charge is 0.419 e. The van der Waals surface area contributed by atoms with E-state index in [0.29, 0.717) is 103 Å².